The fourth-order valence-corrected chi connectivity index (χ4v) is 2.76. The highest BCUT2D eigenvalue weighted by Gasteiger charge is 2.27. The molecule has 142 valence electrons. The van der Waals surface area contributed by atoms with Gasteiger partial charge in [-0.3, -0.25) is 4.79 Å². The molecule has 0 aliphatic carbocycles. The van der Waals surface area contributed by atoms with Gasteiger partial charge in [0.05, 0.1) is 18.2 Å². The Labute approximate surface area is 166 Å². The smallest absolute Gasteiger partial charge is 0.309 e. The molecule has 1 N–H and O–H groups in total. The fraction of sp³-hybridized carbons (Fsp3) is 0.706. The van der Waals surface area contributed by atoms with Gasteiger partial charge in [-0.15, -0.1) is 24.0 Å². The van der Waals surface area contributed by atoms with Gasteiger partial charge in [0.15, 0.2) is 5.96 Å². The van der Waals surface area contributed by atoms with Crippen molar-refractivity contribution in [3.63, 3.8) is 0 Å². The zero-order chi connectivity index (χ0) is 17.5. The van der Waals surface area contributed by atoms with E-state index in [9.17, 15) is 4.79 Å². The number of ether oxygens (including phenoxy) is 1. The molecule has 1 saturated heterocycles. The third kappa shape index (κ3) is 6.16. The second kappa shape index (κ2) is 10.6. The highest BCUT2D eigenvalue weighted by molar-refractivity contribution is 14.0. The average Bonchev–Trinajstić information content (AvgIpc) is 2.90. The van der Waals surface area contributed by atoms with Gasteiger partial charge in [-0.1, -0.05) is 0 Å². The number of hydrogen-bond donors (Lipinski definition) is 1. The minimum Gasteiger partial charge on any atom is -0.466 e. The molecule has 0 amide bonds. The van der Waals surface area contributed by atoms with Crippen LogP contribution in [0.1, 0.15) is 44.0 Å². The lowest BCUT2D eigenvalue weighted by Gasteiger charge is -2.33. The maximum Gasteiger partial charge on any atom is 0.309 e. The van der Waals surface area contributed by atoms with Crippen LogP contribution >= 0.6 is 24.0 Å². The van der Waals surface area contributed by atoms with E-state index < -0.39 is 0 Å². The summed E-state index contributed by atoms with van der Waals surface area (Å²) in [7, 11) is 0. The van der Waals surface area contributed by atoms with Crippen molar-refractivity contribution in [1.29, 1.82) is 0 Å². The largest absolute Gasteiger partial charge is 0.466 e. The fourth-order valence-electron chi connectivity index (χ4n) is 2.76. The molecule has 1 aliphatic heterocycles. The normalized spacial score (nSPS) is 15.7. The first kappa shape index (κ1) is 21.7. The van der Waals surface area contributed by atoms with E-state index in [0.717, 1.165) is 49.9 Å². The van der Waals surface area contributed by atoms with E-state index >= 15 is 0 Å². The van der Waals surface area contributed by atoms with E-state index in [1.807, 2.05) is 27.7 Å². The summed E-state index contributed by atoms with van der Waals surface area (Å²) in [4.78, 5) is 23.0. The maximum atomic E-state index is 11.8. The number of carbonyl (C=O) groups excluding carboxylic acids is 1. The van der Waals surface area contributed by atoms with Gasteiger partial charge >= 0.3 is 5.97 Å². The first-order valence-corrected chi connectivity index (χ1v) is 8.67. The monoisotopic (exact) mass is 464 g/mol. The number of nitrogens with one attached hydrogen (secondary N) is 1. The summed E-state index contributed by atoms with van der Waals surface area (Å²) in [5, 5.41) is 3.30. The van der Waals surface area contributed by atoms with Crippen molar-refractivity contribution in [1.82, 2.24) is 15.2 Å². The number of likely N-dealkylation sites (tertiary alicyclic amines) is 1. The molecule has 0 bridgehead atoms. The van der Waals surface area contributed by atoms with Crippen LogP contribution in [-0.4, -0.2) is 48.1 Å². The Balaban J connectivity index is 0.00000312. The molecular weight excluding hydrogens is 435 g/mol. The van der Waals surface area contributed by atoms with Crippen LogP contribution < -0.4 is 5.32 Å². The van der Waals surface area contributed by atoms with E-state index in [1.165, 1.54) is 0 Å². The minimum atomic E-state index is -0.0789. The summed E-state index contributed by atoms with van der Waals surface area (Å²) >= 11 is 0. The number of carbonyl (C=O) groups is 1. The minimum absolute atomic E-state index is 0. The Bertz CT molecular complexity index is 561. The van der Waals surface area contributed by atoms with Gasteiger partial charge in [0.2, 0.25) is 5.89 Å². The third-order valence-corrected chi connectivity index (χ3v) is 4.19. The molecule has 0 aromatic carbocycles. The number of esters is 1. The van der Waals surface area contributed by atoms with Crippen molar-refractivity contribution < 1.29 is 13.9 Å². The average molecular weight is 464 g/mol. The van der Waals surface area contributed by atoms with E-state index in [-0.39, 0.29) is 35.9 Å². The molecule has 0 radical (unpaired) electrons. The second-order valence-electron chi connectivity index (χ2n) is 5.93. The summed E-state index contributed by atoms with van der Waals surface area (Å²) < 4.78 is 10.7. The van der Waals surface area contributed by atoms with Gasteiger partial charge in [-0.25, -0.2) is 9.98 Å². The quantitative estimate of drug-likeness (QED) is 0.313. The standard InChI is InChI=1S/C17H28N4O3.HI/c1-5-18-17(19-11-15-20-12(3)13(4)24-15)21-9-7-14(8-10-21)16(22)23-6-2;/h14H,5-11H2,1-4H3,(H,18,19);1H. The summed E-state index contributed by atoms with van der Waals surface area (Å²) in [6.07, 6.45) is 1.58. The molecule has 1 aromatic rings. The van der Waals surface area contributed by atoms with Crippen LogP contribution in [-0.2, 0) is 16.1 Å². The number of piperidine rings is 1. The van der Waals surface area contributed by atoms with E-state index in [1.54, 1.807) is 0 Å². The zero-order valence-electron chi connectivity index (χ0n) is 15.5. The van der Waals surface area contributed by atoms with Crippen LogP contribution in [0.5, 0.6) is 0 Å². The third-order valence-electron chi connectivity index (χ3n) is 4.19. The lowest BCUT2D eigenvalue weighted by Crippen LogP contribution is -2.46. The van der Waals surface area contributed by atoms with Crippen molar-refractivity contribution in [3.8, 4) is 0 Å². The van der Waals surface area contributed by atoms with Crippen molar-refractivity contribution in [2.24, 2.45) is 10.9 Å². The number of guanidine groups is 1. The molecule has 2 heterocycles. The Morgan fingerprint density at radius 1 is 1.36 bits per heavy atom. The highest BCUT2D eigenvalue weighted by Crippen LogP contribution is 2.19. The van der Waals surface area contributed by atoms with Crippen molar-refractivity contribution in [2.45, 2.75) is 47.1 Å². The summed E-state index contributed by atoms with van der Waals surface area (Å²) in [6.45, 7) is 10.9. The van der Waals surface area contributed by atoms with Gasteiger partial charge < -0.3 is 19.4 Å². The predicted octanol–water partition coefficient (Wildman–Crippen LogP) is 2.65. The Morgan fingerprint density at radius 3 is 2.56 bits per heavy atom. The summed E-state index contributed by atoms with van der Waals surface area (Å²) in [5.41, 5.74) is 0.903. The van der Waals surface area contributed by atoms with Gasteiger partial charge in [0.25, 0.3) is 0 Å². The molecule has 1 aliphatic rings. The molecule has 0 saturated carbocycles. The molecule has 0 atom stereocenters. The molecular formula is C17H29IN4O3. The number of oxazole rings is 1. The molecule has 2 rings (SSSR count). The number of aryl methyl sites for hydroxylation is 2. The number of aromatic nitrogens is 1. The molecule has 0 spiro atoms. The number of aliphatic imine (C=N–C) groups is 1. The van der Waals surface area contributed by atoms with Crippen LogP contribution in [0.25, 0.3) is 0 Å². The Morgan fingerprint density at radius 2 is 2.04 bits per heavy atom. The molecule has 1 fully saturated rings. The van der Waals surface area contributed by atoms with Crippen LogP contribution in [0.4, 0.5) is 0 Å². The Hall–Kier alpha value is -1.32. The van der Waals surface area contributed by atoms with E-state index in [0.29, 0.717) is 19.0 Å². The number of nitrogens with zero attached hydrogens (tertiary/aromatic N) is 3. The first-order valence-electron chi connectivity index (χ1n) is 8.67. The van der Waals surface area contributed by atoms with E-state index in [2.05, 4.69) is 20.2 Å². The molecule has 25 heavy (non-hydrogen) atoms. The SMILES string of the molecule is CCNC(=NCc1nc(C)c(C)o1)N1CCC(C(=O)OCC)CC1.I. The van der Waals surface area contributed by atoms with Gasteiger partial charge in [0.1, 0.15) is 12.3 Å². The van der Waals surface area contributed by atoms with Crippen LogP contribution in [0, 0.1) is 19.8 Å². The summed E-state index contributed by atoms with van der Waals surface area (Å²) in [6, 6.07) is 0. The van der Waals surface area contributed by atoms with Crippen molar-refractivity contribution >= 4 is 35.9 Å². The van der Waals surface area contributed by atoms with Crippen LogP contribution in [0.2, 0.25) is 0 Å². The van der Waals surface area contributed by atoms with Crippen LogP contribution in [0.3, 0.4) is 0 Å². The van der Waals surface area contributed by atoms with Gasteiger partial charge in [-0.05, 0) is 40.5 Å². The lowest BCUT2D eigenvalue weighted by atomic mass is 9.97. The number of hydrogen-bond acceptors (Lipinski definition) is 5. The summed E-state index contributed by atoms with van der Waals surface area (Å²) in [5.74, 6) is 2.22. The number of halogens is 1. The second-order valence-corrected chi connectivity index (χ2v) is 5.93. The van der Waals surface area contributed by atoms with Crippen LogP contribution in [0.15, 0.2) is 9.41 Å². The molecule has 8 heteroatoms. The Kier molecular flexibility index (Phi) is 9.23. The van der Waals surface area contributed by atoms with Gasteiger partial charge in [-0.2, -0.15) is 0 Å². The molecule has 7 nitrogen and oxygen atoms in total. The predicted molar refractivity (Wildman–Crippen MR) is 107 cm³/mol. The van der Waals surface area contributed by atoms with E-state index in [4.69, 9.17) is 9.15 Å². The zero-order valence-corrected chi connectivity index (χ0v) is 17.8. The van der Waals surface area contributed by atoms with Crippen molar-refractivity contribution in [2.75, 3.05) is 26.2 Å². The lowest BCUT2D eigenvalue weighted by molar-refractivity contribution is -0.149. The van der Waals surface area contributed by atoms with Gasteiger partial charge in [0, 0.05) is 19.6 Å². The van der Waals surface area contributed by atoms with Crippen molar-refractivity contribution in [3.05, 3.63) is 17.3 Å². The number of rotatable bonds is 5. The topological polar surface area (TPSA) is 80.0 Å². The molecule has 0 unspecified atom stereocenters. The highest BCUT2D eigenvalue weighted by atomic mass is 127. The maximum absolute atomic E-state index is 11.8. The first-order chi connectivity index (χ1) is 11.5. The molecule has 1 aromatic heterocycles.